The van der Waals surface area contributed by atoms with Gasteiger partial charge in [-0.15, -0.1) is 0 Å². The van der Waals surface area contributed by atoms with E-state index in [4.69, 9.17) is 11.8 Å². The number of hydrogen-bond acceptors (Lipinski definition) is 3. The standard InChI is InChI=1S/C18H13ClF2N2O2S/c1-12-5-8-14(9-6-12)26(24,25)23(19)17-10-7-13(11-22-17)15-3-2-4-16(20)18(15)21/h2-11H,1H3. The summed E-state index contributed by atoms with van der Waals surface area (Å²) in [4.78, 5) is 3.97. The Morgan fingerprint density at radius 1 is 1.00 bits per heavy atom. The van der Waals surface area contributed by atoms with Crippen molar-refractivity contribution in [1.29, 1.82) is 0 Å². The van der Waals surface area contributed by atoms with E-state index < -0.39 is 21.7 Å². The predicted molar refractivity (Wildman–Crippen MR) is 96.3 cm³/mol. The third kappa shape index (κ3) is 3.40. The highest BCUT2D eigenvalue weighted by molar-refractivity contribution is 7.94. The Balaban J connectivity index is 1.93. The lowest BCUT2D eigenvalue weighted by Crippen LogP contribution is -2.22. The second-order valence-electron chi connectivity index (χ2n) is 5.54. The van der Waals surface area contributed by atoms with Crippen molar-refractivity contribution in [2.24, 2.45) is 0 Å². The van der Waals surface area contributed by atoms with Gasteiger partial charge in [0.1, 0.15) is 0 Å². The van der Waals surface area contributed by atoms with Gasteiger partial charge in [-0.25, -0.2) is 13.8 Å². The maximum absolute atomic E-state index is 13.9. The molecule has 0 saturated heterocycles. The number of nitrogens with zero attached hydrogens (tertiary/aromatic N) is 2. The zero-order valence-corrected chi connectivity index (χ0v) is 15.1. The smallest absolute Gasteiger partial charge is 0.236 e. The molecule has 26 heavy (non-hydrogen) atoms. The van der Waals surface area contributed by atoms with Gasteiger partial charge in [0.15, 0.2) is 17.5 Å². The number of halogens is 3. The van der Waals surface area contributed by atoms with Gasteiger partial charge in [0.2, 0.25) is 0 Å². The van der Waals surface area contributed by atoms with Crippen LogP contribution in [0, 0.1) is 18.6 Å². The molecule has 0 amide bonds. The molecule has 0 atom stereocenters. The van der Waals surface area contributed by atoms with Crippen molar-refractivity contribution in [2.75, 3.05) is 3.82 Å². The first kappa shape index (κ1) is 18.3. The van der Waals surface area contributed by atoms with Crippen molar-refractivity contribution in [3.8, 4) is 11.1 Å². The summed E-state index contributed by atoms with van der Waals surface area (Å²) in [6.45, 7) is 1.83. The monoisotopic (exact) mass is 394 g/mol. The lowest BCUT2D eigenvalue weighted by molar-refractivity contribution is 0.511. The van der Waals surface area contributed by atoms with E-state index in [1.165, 1.54) is 42.6 Å². The van der Waals surface area contributed by atoms with E-state index in [9.17, 15) is 17.2 Å². The number of pyridine rings is 1. The molecular formula is C18H13ClF2N2O2S. The number of anilines is 1. The van der Waals surface area contributed by atoms with Gasteiger partial charge >= 0.3 is 0 Å². The second-order valence-corrected chi connectivity index (χ2v) is 7.86. The Kier molecular flexibility index (Phi) is 4.93. The van der Waals surface area contributed by atoms with E-state index >= 15 is 0 Å². The van der Waals surface area contributed by atoms with Crippen LogP contribution in [0.2, 0.25) is 0 Å². The summed E-state index contributed by atoms with van der Waals surface area (Å²) in [6, 6.07) is 12.7. The molecule has 0 N–H and O–H groups in total. The Labute approximate surface area is 154 Å². The fraction of sp³-hybridized carbons (Fsp3) is 0.0556. The molecule has 0 spiro atoms. The molecule has 0 aliphatic rings. The third-order valence-corrected chi connectivity index (χ3v) is 5.92. The number of aryl methyl sites for hydroxylation is 1. The highest BCUT2D eigenvalue weighted by Crippen LogP contribution is 2.28. The first-order chi connectivity index (χ1) is 12.3. The zero-order valence-electron chi connectivity index (χ0n) is 13.5. The molecule has 3 aromatic rings. The van der Waals surface area contributed by atoms with Gasteiger partial charge in [-0.1, -0.05) is 29.8 Å². The van der Waals surface area contributed by atoms with E-state index in [-0.39, 0.29) is 16.3 Å². The van der Waals surface area contributed by atoms with Crippen LogP contribution in [0.5, 0.6) is 0 Å². The van der Waals surface area contributed by atoms with Crippen LogP contribution in [0.1, 0.15) is 5.56 Å². The maximum Gasteiger partial charge on any atom is 0.279 e. The Morgan fingerprint density at radius 2 is 1.69 bits per heavy atom. The van der Waals surface area contributed by atoms with Crippen LogP contribution in [-0.2, 0) is 10.0 Å². The van der Waals surface area contributed by atoms with Crippen molar-refractivity contribution >= 4 is 27.6 Å². The zero-order chi connectivity index (χ0) is 18.9. The number of hydrogen-bond donors (Lipinski definition) is 0. The average Bonchev–Trinajstić information content (AvgIpc) is 2.64. The molecule has 1 aromatic heterocycles. The van der Waals surface area contributed by atoms with Crippen LogP contribution < -0.4 is 3.82 Å². The molecule has 2 aromatic carbocycles. The number of benzene rings is 2. The van der Waals surface area contributed by atoms with E-state index in [1.807, 2.05) is 6.92 Å². The van der Waals surface area contributed by atoms with Crippen molar-refractivity contribution in [1.82, 2.24) is 4.98 Å². The Morgan fingerprint density at radius 3 is 2.31 bits per heavy atom. The molecule has 0 aliphatic carbocycles. The van der Waals surface area contributed by atoms with E-state index in [2.05, 4.69) is 4.98 Å². The van der Waals surface area contributed by atoms with Gasteiger partial charge in [0.05, 0.1) is 4.90 Å². The van der Waals surface area contributed by atoms with E-state index in [0.29, 0.717) is 9.39 Å². The quantitative estimate of drug-likeness (QED) is 0.603. The summed E-state index contributed by atoms with van der Waals surface area (Å²) in [5.41, 5.74) is 1.22. The molecule has 3 rings (SSSR count). The number of sulfonamides is 1. The second kappa shape index (κ2) is 7.01. The Bertz CT molecular complexity index is 1040. The first-order valence-corrected chi connectivity index (χ1v) is 9.27. The maximum atomic E-state index is 13.9. The topological polar surface area (TPSA) is 50.3 Å². The van der Waals surface area contributed by atoms with E-state index in [1.54, 1.807) is 12.1 Å². The van der Waals surface area contributed by atoms with Gasteiger partial charge in [-0.05, 0) is 37.3 Å². The minimum atomic E-state index is -4.00. The SMILES string of the molecule is Cc1ccc(S(=O)(=O)N(Cl)c2ccc(-c3cccc(F)c3F)cn2)cc1. The van der Waals surface area contributed by atoms with Crippen molar-refractivity contribution in [3.63, 3.8) is 0 Å². The van der Waals surface area contributed by atoms with Crippen molar-refractivity contribution < 1.29 is 17.2 Å². The predicted octanol–water partition coefficient (Wildman–Crippen LogP) is 4.68. The van der Waals surface area contributed by atoms with Crippen LogP contribution in [0.25, 0.3) is 11.1 Å². The summed E-state index contributed by atoms with van der Waals surface area (Å²) < 4.78 is 52.8. The average molecular weight is 395 g/mol. The number of aromatic nitrogens is 1. The molecular weight excluding hydrogens is 382 g/mol. The normalized spacial score (nSPS) is 11.4. The largest absolute Gasteiger partial charge is 0.279 e. The van der Waals surface area contributed by atoms with Crippen LogP contribution in [-0.4, -0.2) is 13.4 Å². The molecule has 0 saturated carbocycles. The van der Waals surface area contributed by atoms with Crippen LogP contribution >= 0.6 is 11.8 Å². The van der Waals surface area contributed by atoms with Gasteiger partial charge in [-0.3, -0.25) is 0 Å². The summed E-state index contributed by atoms with van der Waals surface area (Å²) in [5.74, 6) is -2.04. The molecule has 8 heteroatoms. The first-order valence-electron chi connectivity index (χ1n) is 7.49. The fourth-order valence-electron chi connectivity index (χ4n) is 2.30. The summed E-state index contributed by atoms with van der Waals surface area (Å²) in [5, 5.41) is 0. The molecule has 1 heterocycles. The van der Waals surface area contributed by atoms with Gasteiger partial charge in [0.25, 0.3) is 10.0 Å². The molecule has 0 fully saturated rings. The summed E-state index contributed by atoms with van der Waals surface area (Å²) in [7, 11) is -4.00. The van der Waals surface area contributed by atoms with Gasteiger partial charge in [-0.2, -0.15) is 12.2 Å². The van der Waals surface area contributed by atoms with Crippen LogP contribution in [0.3, 0.4) is 0 Å². The lowest BCUT2D eigenvalue weighted by Gasteiger charge is -2.15. The van der Waals surface area contributed by atoms with Crippen LogP contribution in [0.4, 0.5) is 14.6 Å². The molecule has 0 radical (unpaired) electrons. The molecule has 0 bridgehead atoms. The summed E-state index contributed by atoms with van der Waals surface area (Å²) in [6.07, 6.45) is 1.23. The fourth-order valence-corrected chi connectivity index (χ4v) is 3.66. The highest BCUT2D eigenvalue weighted by atomic mass is 35.5. The van der Waals surface area contributed by atoms with Crippen molar-refractivity contribution in [2.45, 2.75) is 11.8 Å². The lowest BCUT2D eigenvalue weighted by atomic mass is 10.1. The molecule has 4 nitrogen and oxygen atoms in total. The minimum Gasteiger partial charge on any atom is -0.236 e. The van der Waals surface area contributed by atoms with Crippen LogP contribution in [0.15, 0.2) is 65.7 Å². The van der Waals surface area contributed by atoms with E-state index in [0.717, 1.165) is 11.6 Å². The Hall–Kier alpha value is -2.51. The molecule has 0 aliphatic heterocycles. The third-order valence-electron chi connectivity index (χ3n) is 3.72. The van der Waals surface area contributed by atoms with Gasteiger partial charge < -0.3 is 0 Å². The van der Waals surface area contributed by atoms with Gasteiger partial charge in [0, 0.05) is 29.1 Å². The minimum absolute atomic E-state index is 0.0140. The number of rotatable bonds is 4. The molecule has 134 valence electrons. The molecule has 0 unspecified atom stereocenters. The summed E-state index contributed by atoms with van der Waals surface area (Å²) >= 11 is 5.98. The highest BCUT2D eigenvalue weighted by Gasteiger charge is 2.24. The van der Waals surface area contributed by atoms with Crippen molar-refractivity contribution in [3.05, 3.63) is 78.0 Å².